The first-order valence-corrected chi connectivity index (χ1v) is 8.82. The average molecular weight is 325 g/mol. The molecule has 0 spiro atoms. The van der Waals surface area contributed by atoms with Crippen LogP contribution in [0.1, 0.15) is 36.3 Å². The summed E-state index contributed by atoms with van der Waals surface area (Å²) >= 11 is 1.76. The zero-order valence-electron chi connectivity index (χ0n) is 12.9. The third kappa shape index (κ3) is 2.92. The number of rotatable bonds is 5. The molecule has 1 N–H and O–H groups in total. The summed E-state index contributed by atoms with van der Waals surface area (Å²) in [6, 6.07) is 4.16. The molecule has 0 saturated heterocycles. The van der Waals surface area contributed by atoms with Crippen LogP contribution in [0.3, 0.4) is 0 Å². The second kappa shape index (κ2) is 6.22. The standard InChI is InChI=1S/C17H19N5S/c1-2-6-17(5-1,16-19-8-10-23-16)21-12-14-3-4-15(20-11-14)22-9-7-18-13-22/h3-4,7-11,13,21H,1-2,5-6,12H2. The van der Waals surface area contributed by atoms with E-state index in [0.717, 1.165) is 12.4 Å². The van der Waals surface area contributed by atoms with Gasteiger partial charge in [-0.1, -0.05) is 18.9 Å². The lowest BCUT2D eigenvalue weighted by atomic mass is 9.98. The molecule has 1 aliphatic carbocycles. The van der Waals surface area contributed by atoms with Crippen molar-refractivity contribution >= 4 is 11.3 Å². The molecule has 0 bridgehead atoms. The average Bonchev–Trinajstić information content (AvgIpc) is 3.36. The number of thiazole rings is 1. The van der Waals surface area contributed by atoms with Crippen molar-refractivity contribution in [2.45, 2.75) is 37.8 Å². The van der Waals surface area contributed by atoms with E-state index in [1.807, 2.05) is 29.2 Å². The van der Waals surface area contributed by atoms with Crippen LogP contribution in [0.5, 0.6) is 0 Å². The Balaban J connectivity index is 1.48. The van der Waals surface area contributed by atoms with E-state index < -0.39 is 0 Å². The second-order valence-electron chi connectivity index (χ2n) is 5.97. The van der Waals surface area contributed by atoms with Crippen LogP contribution in [0, 0.1) is 0 Å². The molecular formula is C17H19N5S. The molecule has 1 saturated carbocycles. The Morgan fingerprint density at radius 1 is 1.17 bits per heavy atom. The molecule has 6 heteroatoms. The molecule has 3 aromatic heterocycles. The largest absolute Gasteiger partial charge is 0.301 e. The highest BCUT2D eigenvalue weighted by Gasteiger charge is 2.37. The molecule has 0 aliphatic heterocycles. The van der Waals surface area contributed by atoms with E-state index in [-0.39, 0.29) is 5.54 Å². The summed E-state index contributed by atoms with van der Waals surface area (Å²) in [7, 11) is 0. The number of hydrogen-bond donors (Lipinski definition) is 1. The van der Waals surface area contributed by atoms with Gasteiger partial charge in [0, 0.05) is 36.7 Å². The van der Waals surface area contributed by atoms with Crippen molar-refractivity contribution < 1.29 is 0 Å². The predicted molar refractivity (Wildman–Crippen MR) is 90.5 cm³/mol. The van der Waals surface area contributed by atoms with E-state index in [1.54, 1.807) is 23.9 Å². The molecule has 0 amide bonds. The van der Waals surface area contributed by atoms with Crippen molar-refractivity contribution in [3.63, 3.8) is 0 Å². The summed E-state index contributed by atoms with van der Waals surface area (Å²) in [4.78, 5) is 13.1. The van der Waals surface area contributed by atoms with Gasteiger partial charge < -0.3 is 5.32 Å². The lowest BCUT2D eigenvalue weighted by molar-refractivity contribution is 0.337. The fraction of sp³-hybridized carbons (Fsp3) is 0.353. The van der Waals surface area contributed by atoms with Gasteiger partial charge >= 0.3 is 0 Å². The van der Waals surface area contributed by atoms with Crippen LogP contribution in [0.25, 0.3) is 5.82 Å². The number of hydrogen-bond acceptors (Lipinski definition) is 5. The molecule has 0 aromatic carbocycles. The highest BCUT2D eigenvalue weighted by molar-refractivity contribution is 7.09. The van der Waals surface area contributed by atoms with Gasteiger partial charge in [0.25, 0.3) is 0 Å². The summed E-state index contributed by atoms with van der Waals surface area (Å²) in [5.41, 5.74) is 1.24. The van der Waals surface area contributed by atoms with Crippen molar-refractivity contribution in [2.75, 3.05) is 0 Å². The van der Waals surface area contributed by atoms with E-state index in [0.29, 0.717) is 0 Å². The van der Waals surface area contributed by atoms with E-state index in [1.165, 1.54) is 36.3 Å². The molecule has 3 heterocycles. The van der Waals surface area contributed by atoms with Crippen molar-refractivity contribution in [3.8, 4) is 5.82 Å². The smallest absolute Gasteiger partial charge is 0.137 e. The Morgan fingerprint density at radius 3 is 2.74 bits per heavy atom. The number of imidazole rings is 1. The summed E-state index contributed by atoms with van der Waals surface area (Å²) in [5, 5.41) is 7.05. The van der Waals surface area contributed by atoms with Gasteiger partial charge in [0.2, 0.25) is 0 Å². The van der Waals surface area contributed by atoms with E-state index in [4.69, 9.17) is 0 Å². The first-order valence-electron chi connectivity index (χ1n) is 7.94. The van der Waals surface area contributed by atoms with Gasteiger partial charge in [-0.15, -0.1) is 11.3 Å². The number of pyridine rings is 1. The lowest BCUT2D eigenvalue weighted by Crippen LogP contribution is -2.39. The minimum absolute atomic E-state index is 0.0528. The molecule has 4 rings (SSSR count). The van der Waals surface area contributed by atoms with Crippen LogP contribution in [0.4, 0.5) is 0 Å². The molecule has 0 unspecified atom stereocenters. The monoisotopic (exact) mass is 325 g/mol. The molecule has 118 valence electrons. The van der Waals surface area contributed by atoms with Gasteiger partial charge in [0.15, 0.2) is 0 Å². The van der Waals surface area contributed by atoms with Gasteiger partial charge in [-0.25, -0.2) is 15.0 Å². The van der Waals surface area contributed by atoms with Gasteiger partial charge in [-0.05, 0) is 24.5 Å². The number of nitrogens with one attached hydrogen (secondary N) is 1. The van der Waals surface area contributed by atoms with E-state index in [9.17, 15) is 0 Å². The maximum atomic E-state index is 4.56. The Hall–Kier alpha value is -2.05. The van der Waals surface area contributed by atoms with Crippen LogP contribution in [0.2, 0.25) is 0 Å². The molecular weight excluding hydrogens is 306 g/mol. The minimum atomic E-state index is 0.0528. The molecule has 1 fully saturated rings. The fourth-order valence-electron chi connectivity index (χ4n) is 3.24. The molecule has 1 aliphatic rings. The van der Waals surface area contributed by atoms with Crippen molar-refractivity contribution in [2.24, 2.45) is 0 Å². The van der Waals surface area contributed by atoms with E-state index in [2.05, 4.69) is 31.7 Å². The van der Waals surface area contributed by atoms with Crippen LogP contribution < -0.4 is 5.32 Å². The van der Waals surface area contributed by atoms with Crippen LogP contribution in [0.15, 0.2) is 48.6 Å². The molecule has 0 radical (unpaired) electrons. The Morgan fingerprint density at radius 2 is 2.09 bits per heavy atom. The Labute approximate surface area is 139 Å². The molecule has 3 aromatic rings. The topological polar surface area (TPSA) is 55.6 Å². The predicted octanol–water partition coefficient (Wildman–Crippen LogP) is 3.28. The van der Waals surface area contributed by atoms with E-state index >= 15 is 0 Å². The third-order valence-electron chi connectivity index (χ3n) is 4.51. The maximum Gasteiger partial charge on any atom is 0.137 e. The summed E-state index contributed by atoms with van der Waals surface area (Å²) in [6.45, 7) is 0.816. The first-order chi connectivity index (χ1) is 11.4. The lowest BCUT2D eigenvalue weighted by Gasteiger charge is -2.28. The van der Waals surface area contributed by atoms with Crippen molar-refractivity contribution in [1.82, 2.24) is 24.8 Å². The number of nitrogens with zero attached hydrogens (tertiary/aromatic N) is 4. The zero-order chi connectivity index (χ0) is 15.5. The highest BCUT2D eigenvalue weighted by Crippen LogP contribution is 2.39. The number of aromatic nitrogens is 4. The summed E-state index contributed by atoms with van der Waals surface area (Å²) in [6.07, 6.45) is 14.1. The van der Waals surface area contributed by atoms with Gasteiger partial charge in [-0.3, -0.25) is 4.57 Å². The quantitative estimate of drug-likeness (QED) is 0.782. The second-order valence-corrected chi connectivity index (χ2v) is 6.87. The SMILES string of the molecule is c1cn(-c2ccc(CNC3(c4nccs4)CCCC3)cn2)cn1. The minimum Gasteiger partial charge on any atom is -0.301 e. The molecule has 5 nitrogen and oxygen atoms in total. The Bertz CT molecular complexity index is 728. The maximum absolute atomic E-state index is 4.56. The zero-order valence-corrected chi connectivity index (χ0v) is 13.7. The third-order valence-corrected chi connectivity index (χ3v) is 5.48. The van der Waals surface area contributed by atoms with Crippen molar-refractivity contribution in [1.29, 1.82) is 0 Å². The fourth-order valence-corrected chi connectivity index (χ4v) is 4.12. The first kappa shape index (κ1) is 14.5. The summed E-state index contributed by atoms with van der Waals surface area (Å²) in [5.74, 6) is 0.891. The van der Waals surface area contributed by atoms with Gasteiger partial charge in [0.1, 0.15) is 17.2 Å². The normalized spacial score (nSPS) is 16.7. The van der Waals surface area contributed by atoms with Crippen LogP contribution in [-0.4, -0.2) is 19.5 Å². The summed E-state index contributed by atoms with van der Waals surface area (Å²) < 4.78 is 1.91. The van der Waals surface area contributed by atoms with Gasteiger partial charge in [0.05, 0.1) is 5.54 Å². The molecule has 0 atom stereocenters. The van der Waals surface area contributed by atoms with Crippen LogP contribution >= 0.6 is 11.3 Å². The Kier molecular flexibility index (Phi) is 3.93. The molecule has 23 heavy (non-hydrogen) atoms. The highest BCUT2D eigenvalue weighted by atomic mass is 32.1. The van der Waals surface area contributed by atoms with Crippen molar-refractivity contribution in [3.05, 3.63) is 59.2 Å². The van der Waals surface area contributed by atoms with Crippen LogP contribution in [-0.2, 0) is 12.1 Å². The van der Waals surface area contributed by atoms with Gasteiger partial charge in [-0.2, -0.15) is 0 Å².